The average molecular weight is 225 g/mol. The number of allylic oxidation sites excluding steroid dienone is 1. The number of hydrogen-bond acceptors (Lipinski definition) is 3. The van der Waals surface area contributed by atoms with E-state index in [1.54, 1.807) is 0 Å². The zero-order chi connectivity index (χ0) is 12.2. The summed E-state index contributed by atoms with van der Waals surface area (Å²) in [6.45, 7) is 6.13. The lowest BCUT2D eigenvalue weighted by atomic mass is 10.1. The van der Waals surface area contributed by atoms with Gasteiger partial charge >= 0.3 is 5.97 Å². The van der Waals surface area contributed by atoms with Gasteiger partial charge in [-0.1, -0.05) is 45.6 Å². The topological polar surface area (TPSA) is 52.3 Å². The van der Waals surface area contributed by atoms with Crippen molar-refractivity contribution in [2.24, 2.45) is 5.73 Å². The van der Waals surface area contributed by atoms with Gasteiger partial charge in [-0.3, -0.25) is 0 Å². The van der Waals surface area contributed by atoms with Gasteiger partial charge in [0, 0.05) is 11.8 Å². The van der Waals surface area contributed by atoms with Crippen LogP contribution in [0.4, 0.5) is 0 Å². The van der Waals surface area contributed by atoms with Crippen LogP contribution in [0.25, 0.3) is 0 Å². The number of ether oxygens (including phenoxy) is 1. The summed E-state index contributed by atoms with van der Waals surface area (Å²) in [6, 6.07) is 0. The van der Waals surface area contributed by atoms with Crippen LogP contribution in [0.3, 0.4) is 0 Å². The lowest BCUT2D eigenvalue weighted by molar-refractivity contribution is -0.137. The highest BCUT2D eigenvalue weighted by Gasteiger charge is 1.96. The van der Waals surface area contributed by atoms with Crippen molar-refractivity contribution in [3.63, 3.8) is 0 Å². The maximum Gasteiger partial charge on any atom is 0.330 e. The Kier molecular flexibility index (Phi) is 9.47. The highest BCUT2D eigenvalue weighted by Crippen LogP contribution is 2.04. The SMILES string of the molecule is C=C(N)C=CC(=O)OCCCCCCCC. The first-order chi connectivity index (χ1) is 7.66. The number of carbonyl (C=O) groups is 1. The molecule has 3 nitrogen and oxygen atoms in total. The molecule has 0 bridgehead atoms. The molecule has 0 atom stereocenters. The predicted octanol–water partition coefficient (Wildman–Crippen LogP) is 2.92. The third-order valence-corrected chi connectivity index (χ3v) is 2.18. The van der Waals surface area contributed by atoms with Gasteiger partial charge in [0.15, 0.2) is 0 Å². The molecule has 0 unspecified atom stereocenters. The van der Waals surface area contributed by atoms with Crippen LogP contribution in [0.15, 0.2) is 24.4 Å². The third-order valence-electron chi connectivity index (χ3n) is 2.18. The molecule has 92 valence electrons. The van der Waals surface area contributed by atoms with Crippen molar-refractivity contribution in [3.8, 4) is 0 Å². The number of unbranched alkanes of at least 4 members (excludes halogenated alkanes) is 5. The Morgan fingerprint density at radius 2 is 1.81 bits per heavy atom. The van der Waals surface area contributed by atoms with Crippen molar-refractivity contribution in [1.82, 2.24) is 0 Å². The van der Waals surface area contributed by atoms with Gasteiger partial charge in [0.25, 0.3) is 0 Å². The Hall–Kier alpha value is -1.25. The molecule has 0 aliphatic rings. The molecule has 3 heteroatoms. The first-order valence-corrected chi connectivity index (χ1v) is 5.96. The van der Waals surface area contributed by atoms with Crippen molar-refractivity contribution in [2.75, 3.05) is 6.61 Å². The summed E-state index contributed by atoms with van der Waals surface area (Å²) >= 11 is 0. The van der Waals surface area contributed by atoms with E-state index in [0.29, 0.717) is 12.3 Å². The molecular formula is C13H23NO2. The molecule has 0 saturated heterocycles. The zero-order valence-electron chi connectivity index (χ0n) is 10.2. The van der Waals surface area contributed by atoms with Gasteiger partial charge in [0.05, 0.1) is 6.61 Å². The highest BCUT2D eigenvalue weighted by atomic mass is 16.5. The maximum absolute atomic E-state index is 11.1. The molecular weight excluding hydrogens is 202 g/mol. The molecule has 0 aliphatic heterocycles. The third kappa shape index (κ3) is 10.8. The molecule has 0 fully saturated rings. The van der Waals surface area contributed by atoms with E-state index in [4.69, 9.17) is 10.5 Å². The summed E-state index contributed by atoms with van der Waals surface area (Å²) in [5.74, 6) is -0.347. The summed E-state index contributed by atoms with van der Waals surface area (Å²) in [4.78, 5) is 11.1. The maximum atomic E-state index is 11.1. The van der Waals surface area contributed by atoms with Gasteiger partial charge in [-0.25, -0.2) is 4.79 Å². The van der Waals surface area contributed by atoms with Gasteiger partial charge in [-0.05, 0) is 12.5 Å². The minimum atomic E-state index is -0.347. The molecule has 0 radical (unpaired) electrons. The van der Waals surface area contributed by atoms with Gasteiger partial charge in [-0.2, -0.15) is 0 Å². The van der Waals surface area contributed by atoms with Crippen molar-refractivity contribution < 1.29 is 9.53 Å². The molecule has 0 spiro atoms. The molecule has 0 aromatic heterocycles. The monoisotopic (exact) mass is 225 g/mol. The van der Waals surface area contributed by atoms with Gasteiger partial charge in [0.1, 0.15) is 0 Å². The molecule has 0 rings (SSSR count). The predicted molar refractivity (Wildman–Crippen MR) is 66.8 cm³/mol. The van der Waals surface area contributed by atoms with Gasteiger partial charge in [-0.15, -0.1) is 0 Å². The van der Waals surface area contributed by atoms with Crippen molar-refractivity contribution in [1.29, 1.82) is 0 Å². The second-order valence-electron chi connectivity index (χ2n) is 3.84. The summed E-state index contributed by atoms with van der Waals surface area (Å²) < 4.78 is 4.98. The molecule has 0 aromatic carbocycles. The van der Waals surface area contributed by atoms with E-state index in [0.717, 1.165) is 12.8 Å². The summed E-state index contributed by atoms with van der Waals surface area (Å²) in [6.07, 6.45) is 9.86. The van der Waals surface area contributed by atoms with Gasteiger partial charge < -0.3 is 10.5 Å². The number of carbonyl (C=O) groups excluding carboxylic acids is 1. The molecule has 2 N–H and O–H groups in total. The first-order valence-electron chi connectivity index (χ1n) is 5.96. The second kappa shape index (κ2) is 10.3. The van der Waals surface area contributed by atoms with Crippen LogP contribution >= 0.6 is 0 Å². The van der Waals surface area contributed by atoms with Crippen LogP contribution in [0.5, 0.6) is 0 Å². The van der Waals surface area contributed by atoms with E-state index in [2.05, 4.69) is 13.5 Å². The van der Waals surface area contributed by atoms with Gasteiger partial charge in [0.2, 0.25) is 0 Å². The normalized spacial score (nSPS) is 10.6. The number of nitrogens with two attached hydrogens (primary N) is 1. The largest absolute Gasteiger partial charge is 0.463 e. The number of hydrogen-bond donors (Lipinski definition) is 1. The first kappa shape index (κ1) is 14.8. The average Bonchev–Trinajstić information content (AvgIpc) is 2.25. The molecule has 0 aliphatic carbocycles. The van der Waals surface area contributed by atoms with Crippen LogP contribution in [0.1, 0.15) is 45.4 Å². The molecule has 0 heterocycles. The van der Waals surface area contributed by atoms with Crippen molar-refractivity contribution >= 4 is 5.97 Å². The lowest BCUT2D eigenvalue weighted by Gasteiger charge is -2.02. The smallest absolute Gasteiger partial charge is 0.330 e. The number of esters is 1. The van der Waals surface area contributed by atoms with E-state index < -0.39 is 0 Å². The van der Waals surface area contributed by atoms with E-state index in [1.165, 1.54) is 37.8 Å². The summed E-state index contributed by atoms with van der Waals surface area (Å²) in [5.41, 5.74) is 5.63. The summed E-state index contributed by atoms with van der Waals surface area (Å²) in [7, 11) is 0. The second-order valence-corrected chi connectivity index (χ2v) is 3.84. The Labute approximate surface area is 98.4 Å². The van der Waals surface area contributed by atoms with Crippen LogP contribution in [-0.2, 0) is 9.53 Å². The van der Waals surface area contributed by atoms with Crippen LogP contribution in [-0.4, -0.2) is 12.6 Å². The van der Waals surface area contributed by atoms with E-state index in [-0.39, 0.29) is 5.97 Å². The Balaban J connectivity index is 3.31. The van der Waals surface area contributed by atoms with E-state index in [9.17, 15) is 4.79 Å². The number of rotatable bonds is 9. The quantitative estimate of drug-likeness (QED) is 0.284. The minimum absolute atomic E-state index is 0.347. The lowest BCUT2D eigenvalue weighted by Crippen LogP contribution is -2.03. The van der Waals surface area contributed by atoms with E-state index >= 15 is 0 Å². The highest BCUT2D eigenvalue weighted by molar-refractivity contribution is 5.82. The van der Waals surface area contributed by atoms with Crippen LogP contribution in [0, 0.1) is 0 Å². The Morgan fingerprint density at radius 1 is 1.19 bits per heavy atom. The molecule has 0 amide bonds. The van der Waals surface area contributed by atoms with Crippen molar-refractivity contribution in [2.45, 2.75) is 45.4 Å². The van der Waals surface area contributed by atoms with Crippen LogP contribution in [0.2, 0.25) is 0 Å². The van der Waals surface area contributed by atoms with E-state index in [1.807, 2.05) is 0 Å². The fourth-order valence-electron chi connectivity index (χ4n) is 1.28. The minimum Gasteiger partial charge on any atom is -0.463 e. The molecule has 16 heavy (non-hydrogen) atoms. The van der Waals surface area contributed by atoms with Crippen LogP contribution < -0.4 is 5.73 Å². The fourth-order valence-corrected chi connectivity index (χ4v) is 1.28. The molecule has 0 aromatic rings. The fraction of sp³-hybridized carbons (Fsp3) is 0.615. The standard InChI is InChI=1S/C13H23NO2/c1-3-4-5-6-7-8-11-16-13(15)10-9-12(2)14/h9-10H,2-8,11,14H2,1H3. The summed E-state index contributed by atoms with van der Waals surface area (Å²) in [5, 5.41) is 0. The van der Waals surface area contributed by atoms with Crippen molar-refractivity contribution in [3.05, 3.63) is 24.4 Å². The molecule has 0 saturated carbocycles. The zero-order valence-corrected chi connectivity index (χ0v) is 10.2. The Bertz CT molecular complexity index is 234. The Morgan fingerprint density at radius 3 is 2.44 bits per heavy atom.